The largest absolute Gasteiger partial charge is 0.508 e. The number of halogens is 2. The Morgan fingerprint density at radius 2 is 1.96 bits per heavy atom. The van der Waals surface area contributed by atoms with Gasteiger partial charge >= 0.3 is 5.97 Å². The van der Waals surface area contributed by atoms with Gasteiger partial charge in [-0.15, -0.1) is 0 Å². The Hall–Kier alpha value is -1.31. The van der Waals surface area contributed by atoms with E-state index in [1.165, 1.54) is 0 Å². The van der Waals surface area contributed by atoms with Crippen molar-refractivity contribution in [2.75, 3.05) is 0 Å². The van der Waals surface area contributed by atoms with E-state index >= 15 is 0 Å². The highest BCUT2D eigenvalue weighted by atomic mass is 79.9. The molecule has 25 heavy (non-hydrogen) atoms. The van der Waals surface area contributed by atoms with Crippen molar-refractivity contribution in [2.24, 2.45) is 11.7 Å². The predicted octanol–water partition coefficient (Wildman–Crippen LogP) is 4.30. The molecule has 1 aliphatic rings. The molecule has 0 aromatic heterocycles. The van der Waals surface area contributed by atoms with Crippen molar-refractivity contribution in [3.8, 4) is 11.5 Å². The van der Waals surface area contributed by atoms with Crippen LogP contribution in [-0.2, 0) is 4.79 Å². The van der Waals surface area contributed by atoms with Crippen LogP contribution in [0.5, 0.6) is 11.5 Å². The topological polar surface area (TPSA) is 92.8 Å². The van der Waals surface area contributed by atoms with E-state index in [4.69, 9.17) is 15.6 Å². The molecular weight excluding hydrogens is 454 g/mol. The lowest BCUT2D eigenvalue weighted by Gasteiger charge is -2.38. The van der Waals surface area contributed by atoms with Crippen molar-refractivity contribution >= 4 is 37.8 Å². The average molecular weight is 475 g/mol. The number of allylic oxidation sites excluding steroid dienone is 3. The Kier molecular flexibility index (Phi) is 6.35. The van der Waals surface area contributed by atoms with Crippen LogP contribution in [0, 0.1) is 5.92 Å². The van der Waals surface area contributed by atoms with E-state index in [1.807, 2.05) is 6.08 Å². The molecule has 0 heterocycles. The molecule has 1 aromatic rings. The number of carboxylic acid groups (broad SMARTS) is 1. The zero-order valence-electron chi connectivity index (χ0n) is 14.0. The van der Waals surface area contributed by atoms with Gasteiger partial charge in [0.1, 0.15) is 23.3 Å². The van der Waals surface area contributed by atoms with Crippen molar-refractivity contribution in [3.63, 3.8) is 0 Å². The van der Waals surface area contributed by atoms with Crippen LogP contribution in [0.3, 0.4) is 0 Å². The monoisotopic (exact) mass is 473 g/mol. The van der Waals surface area contributed by atoms with E-state index in [1.54, 1.807) is 24.3 Å². The smallest absolute Gasteiger partial charge is 0.320 e. The minimum atomic E-state index is -1.02. The molecule has 0 saturated heterocycles. The second kappa shape index (κ2) is 7.93. The fraction of sp³-hybridized carbons (Fsp3) is 0.389. The van der Waals surface area contributed by atoms with Gasteiger partial charge in [0.05, 0.1) is 8.81 Å². The maximum atomic E-state index is 11.0. The molecule has 0 radical (unpaired) electrons. The van der Waals surface area contributed by atoms with Gasteiger partial charge in [-0.05, 0) is 65.0 Å². The molecule has 136 valence electrons. The number of carboxylic acids is 1. The molecule has 0 amide bonds. The first-order chi connectivity index (χ1) is 11.6. The van der Waals surface area contributed by atoms with Crippen LogP contribution in [0.15, 0.2) is 46.2 Å². The Labute approximate surface area is 163 Å². The van der Waals surface area contributed by atoms with E-state index in [0.717, 1.165) is 10.1 Å². The van der Waals surface area contributed by atoms with Crippen LogP contribution in [0.2, 0.25) is 0 Å². The summed E-state index contributed by atoms with van der Waals surface area (Å²) in [6.45, 7) is 4.13. The molecule has 2 rings (SSSR count). The summed E-state index contributed by atoms with van der Waals surface area (Å²) in [4.78, 5) is 11.0. The van der Waals surface area contributed by atoms with E-state index in [-0.39, 0.29) is 18.1 Å². The summed E-state index contributed by atoms with van der Waals surface area (Å²) < 4.78 is 6.33. The summed E-state index contributed by atoms with van der Waals surface area (Å²) in [5.74, 6) is 0.644. The van der Waals surface area contributed by atoms with E-state index < -0.39 is 16.3 Å². The summed E-state index contributed by atoms with van der Waals surface area (Å²) in [5, 5.41) is 18.5. The fourth-order valence-corrected chi connectivity index (χ4v) is 4.32. The average Bonchev–Trinajstić information content (AvgIpc) is 2.52. The zero-order chi connectivity index (χ0) is 18.8. The van der Waals surface area contributed by atoms with Gasteiger partial charge in [-0.2, -0.15) is 0 Å². The number of alkyl halides is 1. The van der Waals surface area contributed by atoms with E-state index in [2.05, 4.69) is 45.7 Å². The molecule has 0 fully saturated rings. The van der Waals surface area contributed by atoms with Crippen molar-refractivity contribution in [1.29, 1.82) is 0 Å². The standard InChI is InChI=1S/C18H21Br2NO4/c1-10(2)18(20)9-11(8-15(21)17(23)24)7-14(19)16(18)25-13-5-3-12(22)4-6-13/h3-7,10,15,22H,8-9,21H2,1-2H3,(H,23,24)/t15-,18?/m0/s1. The SMILES string of the molecule is CC(C)C1(Br)CC(C[C@H](N)C(=O)O)=CC(Br)=C1Oc1ccc(O)cc1. The van der Waals surface area contributed by atoms with Crippen LogP contribution < -0.4 is 10.5 Å². The van der Waals surface area contributed by atoms with Gasteiger partial charge in [0.15, 0.2) is 0 Å². The Morgan fingerprint density at radius 1 is 1.36 bits per heavy atom. The molecule has 0 spiro atoms. The van der Waals surface area contributed by atoms with Crippen LogP contribution in [-0.4, -0.2) is 26.5 Å². The van der Waals surface area contributed by atoms with E-state index in [9.17, 15) is 9.90 Å². The molecule has 0 saturated carbocycles. The third-order valence-electron chi connectivity index (χ3n) is 4.18. The summed E-state index contributed by atoms with van der Waals surface area (Å²) >= 11 is 7.36. The molecule has 2 atom stereocenters. The number of hydrogen-bond acceptors (Lipinski definition) is 4. The molecule has 5 nitrogen and oxygen atoms in total. The second-order valence-electron chi connectivity index (χ2n) is 6.42. The van der Waals surface area contributed by atoms with Crippen LogP contribution in [0.4, 0.5) is 0 Å². The number of phenols is 1. The number of aliphatic carboxylic acids is 1. The number of rotatable bonds is 6. The second-order valence-corrected chi connectivity index (χ2v) is 8.69. The maximum absolute atomic E-state index is 11.0. The van der Waals surface area contributed by atoms with Crippen molar-refractivity contribution in [2.45, 2.75) is 37.1 Å². The highest BCUT2D eigenvalue weighted by molar-refractivity contribution is 9.12. The lowest BCUT2D eigenvalue weighted by atomic mass is 9.82. The highest BCUT2D eigenvalue weighted by Crippen LogP contribution is 2.48. The molecule has 7 heteroatoms. The molecule has 0 bridgehead atoms. The summed E-state index contributed by atoms with van der Waals surface area (Å²) in [6, 6.07) is 5.57. The van der Waals surface area contributed by atoms with Gasteiger partial charge in [-0.25, -0.2) is 0 Å². The number of carbonyl (C=O) groups is 1. The molecule has 4 N–H and O–H groups in total. The van der Waals surface area contributed by atoms with Crippen molar-refractivity contribution in [3.05, 3.63) is 46.2 Å². The molecular formula is C18H21Br2NO4. The predicted molar refractivity (Wildman–Crippen MR) is 104 cm³/mol. The zero-order valence-corrected chi connectivity index (χ0v) is 17.2. The van der Waals surface area contributed by atoms with Gasteiger partial charge < -0.3 is 20.7 Å². The van der Waals surface area contributed by atoms with Gasteiger partial charge in [0.2, 0.25) is 0 Å². The third kappa shape index (κ3) is 4.65. The number of nitrogens with two attached hydrogens (primary N) is 1. The lowest BCUT2D eigenvalue weighted by molar-refractivity contribution is -0.138. The molecule has 1 aliphatic carbocycles. The summed E-state index contributed by atoms with van der Waals surface area (Å²) in [5.41, 5.74) is 6.62. The molecule has 1 unspecified atom stereocenters. The lowest BCUT2D eigenvalue weighted by Crippen LogP contribution is -2.38. The van der Waals surface area contributed by atoms with Crippen molar-refractivity contribution in [1.82, 2.24) is 0 Å². The van der Waals surface area contributed by atoms with Crippen LogP contribution >= 0.6 is 31.9 Å². The summed E-state index contributed by atoms with van der Waals surface area (Å²) in [7, 11) is 0. The highest BCUT2D eigenvalue weighted by Gasteiger charge is 2.42. The first-order valence-corrected chi connectivity index (χ1v) is 9.46. The minimum Gasteiger partial charge on any atom is -0.508 e. The fourth-order valence-electron chi connectivity index (χ4n) is 2.64. The normalized spacial score (nSPS) is 21.9. The number of phenolic OH excluding ortho intramolecular Hbond substituents is 1. The van der Waals surface area contributed by atoms with Crippen molar-refractivity contribution < 1.29 is 19.7 Å². The van der Waals surface area contributed by atoms with Crippen LogP contribution in [0.25, 0.3) is 0 Å². The Morgan fingerprint density at radius 3 is 2.48 bits per heavy atom. The number of ether oxygens (including phenoxy) is 1. The van der Waals surface area contributed by atoms with Crippen LogP contribution in [0.1, 0.15) is 26.7 Å². The summed E-state index contributed by atoms with van der Waals surface area (Å²) in [6.07, 6.45) is 2.74. The maximum Gasteiger partial charge on any atom is 0.320 e. The number of benzene rings is 1. The van der Waals surface area contributed by atoms with E-state index in [0.29, 0.717) is 17.9 Å². The Bertz CT molecular complexity index is 712. The first-order valence-electron chi connectivity index (χ1n) is 7.87. The first kappa shape index (κ1) is 20.0. The minimum absolute atomic E-state index is 0.169. The third-order valence-corrected chi connectivity index (χ3v) is 6.33. The number of aromatic hydroxyl groups is 1. The quantitative estimate of drug-likeness (QED) is 0.534. The van der Waals surface area contributed by atoms with Gasteiger partial charge in [0.25, 0.3) is 0 Å². The number of hydrogen-bond donors (Lipinski definition) is 3. The van der Waals surface area contributed by atoms with Gasteiger partial charge in [-0.3, -0.25) is 4.79 Å². The van der Waals surface area contributed by atoms with Gasteiger partial charge in [0, 0.05) is 0 Å². The molecule has 0 aliphatic heterocycles. The Balaban J connectivity index is 2.36. The molecule has 1 aromatic carbocycles. The van der Waals surface area contributed by atoms with Gasteiger partial charge in [-0.1, -0.05) is 35.4 Å².